The minimum Gasteiger partial charge on any atom is -0.410 e. The minimum atomic E-state index is -3.99. The van der Waals surface area contributed by atoms with Gasteiger partial charge < -0.3 is 39.5 Å². The Morgan fingerprint density at radius 3 is 1.99 bits per heavy atom. The number of rotatable bonds is 26. The van der Waals surface area contributed by atoms with E-state index >= 15 is 0 Å². The zero-order valence-corrected chi connectivity index (χ0v) is 57.0. The molecule has 2 bridgehead atoms. The number of aromatic nitrogens is 3. The van der Waals surface area contributed by atoms with Gasteiger partial charge in [0.05, 0.1) is 59.3 Å². The third-order valence-corrected chi connectivity index (χ3v) is 23.6. The summed E-state index contributed by atoms with van der Waals surface area (Å²) in [6, 6.07) is 2.93. The van der Waals surface area contributed by atoms with Crippen molar-refractivity contribution in [3.8, 4) is 5.75 Å². The molecule has 2 saturated carbocycles. The minimum absolute atomic E-state index is 0.000325. The van der Waals surface area contributed by atoms with Gasteiger partial charge in [0.1, 0.15) is 17.8 Å². The first kappa shape index (κ1) is 71.0. The van der Waals surface area contributed by atoms with Gasteiger partial charge in [0, 0.05) is 75.9 Å². The Morgan fingerprint density at radius 2 is 1.40 bits per heavy atom. The highest BCUT2D eigenvalue weighted by Crippen LogP contribution is 2.38. The number of nitrogens with zero attached hydrogens (tertiary/aromatic N) is 7. The molecule has 2 aliphatic carbocycles. The number of benzene rings is 1. The van der Waals surface area contributed by atoms with Gasteiger partial charge in [0.15, 0.2) is 0 Å². The van der Waals surface area contributed by atoms with Crippen LogP contribution in [0.1, 0.15) is 168 Å². The molecule has 7 rings (SSSR count). The van der Waals surface area contributed by atoms with Gasteiger partial charge in [-0.3, -0.25) is 33.6 Å². The second kappa shape index (κ2) is 33.2. The highest BCUT2D eigenvalue weighted by atomic mass is 32.2. The van der Waals surface area contributed by atoms with Crippen LogP contribution in [0.4, 0.5) is 4.79 Å². The molecule has 1 aromatic carbocycles. The zero-order chi connectivity index (χ0) is 64.0. The molecule has 5 aliphatic rings. The summed E-state index contributed by atoms with van der Waals surface area (Å²) in [4.78, 5) is 91.6. The maximum Gasteiger partial charge on any atom is 0.415 e. The van der Waals surface area contributed by atoms with Crippen molar-refractivity contribution < 1.29 is 51.4 Å². The Hall–Kier alpha value is -4.49. The molecule has 2 aromatic rings. The molecular formula is C64H104N10O11S3. The Bertz CT molecular complexity index is 2730. The number of thioether (sulfide) groups is 2. The van der Waals surface area contributed by atoms with Crippen LogP contribution in [0.15, 0.2) is 24.3 Å². The van der Waals surface area contributed by atoms with Crippen LogP contribution in [0.2, 0.25) is 0 Å². The number of carbonyl (C=O) groups is 6. The molecule has 4 fully saturated rings. The molecule has 3 N–H and O–H groups in total. The summed E-state index contributed by atoms with van der Waals surface area (Å²) in [6.45, 7) is 15.6. The lowest BCUT2D eigenvalue weighted by Gasteiger charge is -2.41. The second-order valence-electron chi connectivity index (χ2n) is 26.5. The molecular weight excluding hydrogens is 1180 g/mol. The molecule has 494 valence electrons. The van der Waals surface area contributed by atoms with E-state index < -0.39 is 81.5 Å². The van der Waals surface area contributed by atoms with Crippen LogP contribution in [0.25, 0.3) is 0 Å². The van der Waals surface area contributed by atoms with Crippen molar-refractivity contribution in [1.82, 2.24) is 49.9 Å². The summed E-state index contributed by atoms with van der Waals surface area (Å²) in [5, 5.41) is 15.9. The number of likely N-dealkylation sites (N-methyl/N-ethyl adjacent to an activating group) is 2. The van der Waals surface area contributed by atoms with Crippen LogP contribution in [-0.4, -0.2) is 192 Å². The standard InChI is InChI=1S/C64H104N10O11S3/c1-13-42(6)58(71(10)63(79)56(40(2)3)66-62(78)57(41(4)5)70(8)9)54(83-11)36-55(75)73-31-19-22-52(73)59(84-12)43(7)60(76)65-50(61(77)68-88(81,82)49-27-28-49)34-44-23-25-46(26-24-44)85-64(80)72-32-29-45(30-33-72)37-74-53-39-87-48-21-18-16-14-15-17-20-47(35-48)86-38-51(53)67-69-74/h23-26,40-43,45,47-50,52,54,56-59H,13-22,27-39H2,1-12H3,(H,65,76)(H,66,78)(H,68,77)/t42-,43+,47?,48?,50-,52-,54+,56-,57-,58-,59+/m0/s1. The quantitative estimate of drug-likeness (QED) is 0.0813. The average Bonchev–Trinajstić information content (AvgIpc) is 3.21. The van der Waals surface area contributed by atoms with Crippen LogP contribution >= 0.6 is 23.5 Å². The molecule has 0 spiro atoms. The van der Waals surface area contributed by atoms with E-state index in [2.05, 4.69) is 48.8 Å². The Labute approximate surface area is 533 Å². The van der Waals surface area contributed by atoms with Crippen LogP contribution in [0.5, 0.6) is 5.75 Å². The van der Waals surface area contributed by atoms with E-state index in [0.717, 1.165) is 36.6 Å². The third-order valence-electron chi connectivity index (χ3n) is 19.1. The Balaban J connectivity index is 0.956. The van der Waals surface area contributed by atoms with Crippen molar-refractivity contribution in [2.45, 2.75) is 234 Å². The SMILES string of the molecule is CC[C@H](C)[C@@H]([C@@H](CC(=O)N1CCC[C@H]1[C@H](OC)[C@@H](C)C(=O)N[C@@H](Cc1ccc(OC(=O)N2CCC(Cn3nnc4c3CSC3CCCCCCCC(C3)SC4)CC2)cc1)C(=O)NS(=O)(=O)C1CC1)OC)N(C)C(=O)[C@@H](NC(=O)[C@H](C(C)C)N(C)C)C(C)C. The van der Waals surface area contributed by atoms with E-state index in [-0.39, 0.29) is 48.3 Å². The van der Waals surface area contributed by atoms with Crippen LogP contribution in [0.3, 0.4) is 0 Å². The van der Waals surface area contributed by atoms with E-state index in [1.165, 1.54) is 71.3 Å². The summed E-state index contributed by atoms with van der Waals surface area (Å²) >= 11 is 4.15. The maximum atomic E-state index is 14.6. The fraction of sp³-hybridized carbons (Fsp3) is 0.781. The molecule has 11 atom stereocenters. The normalized spacial score (nSPS) is 22.6. The van der Waals surface area contributed by atoms with Gasteiger partial charge in [-0.05, 0) is 113 Å². The zero-order valence-electron chi connectivity index (χ0n) is 54.6. The number of sulfonamides is 1. The number of likely N-dealkylation sites (tertiary alicyclic amines) is 2. The highest BCUT2D eigenvalue weighted by molar-refractivity contribution is 8.00. The van der Waals surface area contributed by atoms with Crippen molar-refractivity contribution in [3.63, 3.8) is 0 Å². The van der Waals surface area contributed by atoms with Crippen LogP contribution in [-0.2, 0) is 67.9 Å². The Morgan fingerprint density at radius 1 is 0.750 bits per heavy atom. The number of ether oxygens (including phenoxy) is 3. The average molecular weight is 1290 g/mol. The number of nitrogens with one attached hydrogen (secondary N) is 3. The summed E-state index contributed by atoms with van der Waals surface area (Å²) in [6.07, 6.45) is 12.6. The topological polar surface area (TPSA) is 244 Å². The Kier molecular flexibility index (Phi) is 26.8. The molecule has 88 heavy (non-hydrogen) atoms. The van der Waals surface area contributed by atoms with Crippen molar-refractivity contribution in [3.05, 3.63) is 41.2 Å². The lowest BCUT2D eigenvalue weighted by atomic mass is 9.89. The van der Waals surface area contributed by atoms with Gasteiger partial charge >= 0.3 is 6.09 Å². The predicted octanol–water partition coefficient (Wildman–Crippen LogP) is 7.82. The van der Waals surface area contributed by atoms with Crippen molar-refractivity contribution in [1.29, 1.82) is 0 Å². The van der Waals surface area contributed by atoms with E-state index in [4.69, 9.17) is 19.3 Å². The molecule has 4 heterocycles. The van der Waals surface area contributed by atoms with Gasteiger partial charge in [-0.15, -0.1) is 5.10 Å². The summed E-state index contributed by atoms with van der Waals surface area (Å²) in [5.41, 5.74) is 2.94. The molecule has 2 unspecified atom stereocenters. The third kappa shape index (κ3) is 19.1. The fourth-order valence-electron chi connectivity index (χ4n) is 13.5. The van der Waals surface area contributed by atoms with Crippen LogP contribution in [0, 0.1) is 29.6 Å². The number of fused-ring (bicyclic) bond motifs is 3. The second-order valence-corrected chi connectivity index (χ2v) is 31.0. The lowest BCUT2D eigenvalue weighted by Crippen LogP contribution is -2.59. The first-order valence-electron chi connectivity index (χ1n) is 32.6. The van der Waals surface area contributed by atoms with Crippen molar-refractivity contribution in [2.24, 2.45) is 29.6 Å². The number of methoxy groups -OCH3 is 2. The first-order valence-corrected chi connectivity index (χ1v) is 36.2. The first-order chi connectivity index (χ1) is 41.9. The number of piperidine rings is 1. The van der Waals surface area contributed by atoms with Crippen LogP contribution < -0.4 is 20.1 Å². The van der Waals surface area contributed by atoms with E-state index in [1.54, 1.807) is 52.9 Å². The van der Waals surface area contributed by atoms with Gasteiger partial charge in [-0.1, -0.05) is 104 Å². The largest absolute Gasteiger partial charge is 0.415 e. The van der Waals surface area contributed by atoms with E-state index in [9.17, 15) is 37.2 Å². The molecule has 24 heteroatoms. The van der Waals surface area contributed by atoms with Crippen molar-refractivity contribution >= 4 is 69.2 Å². The maximum absolute atomic E-state index is 14.6. The lowest BCUT2D eigenvalue weighted by molar-refractivity contribution is -0.148. The van der Waals surface area contributed by atoms with Gasteiger partial charge in [-0.2, -0.15) is 23.5 Å². The molecule has 3 aliphatic heterocycles. The number of amides is 6. The molecule has 21 nitrogen and oxygen atoms in total. The monoisotopic (exact) mass is 1280 g/mol. The number of hydrogen-bond donors (Lipinski definition) is 3. The summed E-state index contributed by atoms with van der Waals surface area (Å²) in [7, 11) is 4.39. The van der Waals surface area contributed by atoms with Gasteiger partial charge in [0.2, 0.25) is 33.7 Å². The fourth-order valence-corrected chi connectivity index (χ4v) is 17.7. The predicted molar refractivity (Wildman–Crippen MR) is 345 cm³/mol. The summed E-state index contributed by atoms with van der Waals surface area (Å²) < 4.78 is 48.6. The smallest absolute Gasteiger partial charge is 0.410 e. The van der Waals surface area contributed by atoms with Gasteiger partial charge in [-0.25, -0.2) is 17.9 Å². The molecule has 6 amide bonds. The molecule has 0 radical (unpaired) electrons. The number of hydrogen-bond acceptors (Lipinski definition) is 16. The van der Waals surface area contributed by atoms with Crippen molar-refractivity contribution in [2.75, 3.05) is 55.0 Å². The molecule has 2 saturated heterocycles. The van der Waals surface area contributed by atoms with Gasteiger partial charge in [0.25, 0.3) is 5.91 Å². The van der Waals surface area contributed by atoms with E-state index in [0.29, 0.717) is 79.5 Å². The highest BCUT2D eigenvalue weighted by Gasteiger charge is 2.45. The molecule has 1 aromatic heterocycles. The summed E-state index contributed by atoms with van der Waals surface area (Å²) in [5.74, 6) is -1.01. The number of carbonyl (C=O) groups excluding carboxylic acids is 6. The van der Waals surface area contributed by atoms with E-state index in [1.807, 2.05) is 60.5 Å².